The lowest BCUT2D eigenvalue weighted by atomic mass is 9.92. The molecule has 1 N–H and O–H groups in total. The van der Waals surface area contributed by atoms with E-state index < -0.39 is 5.67 Å². The molecule has 1 aromatic heterocycles. The Morgan fingerprint density at radius 3 is 2.88 bits per heavy atom. The van der Waals surface area contributed by atoms with Gasteiger partial charge in [-0.05, 0) is 6.07 Å². The van der Waals surface area contributed by atoms with Crippen molar-refractivity contribution in [2.75, 3.05) is 13.1 Å². The third-order valence-corrected chi connectivity index (χ3v) is 3.20. The third kappa shape index (κ3) is 1.41. The molecule has 1 aliphatic rings. The topological polar surface area (TPSA) is 29.9 Å². The predicted octanol–water partition coefficient (Wildman–Crippen LogP) is 1.43. The Kier molecular flexibility index (Phi) is 2.01. The fraction of sp³-hybridized carbons (Fsp3) is 0.417. The van der Waals surface area contributed by atoms with Crippen molar-refractivity contribution >= 4 is 10.9 Å². The van der Waals surface area contributed by atoms with Crippen LogP contribution in [0.15, 0.2) is 24.3 Å². The van der Waals surface area contributed by atoms with Crippen LogP contribution in [0.1, 0.15) is 5.69 Å². The molecule has 1 aliphatic heterocycles. The number of benzene rings is 1. The Morgan fingerprint density at radius 1 is 1.44 bits per heavy atom. The van der Waals surface area contributed by atoms with Crippen LogP contribution in [-0.2, 0) is 13.5 Å². The van der Waals surface area contributed by atoms with Crippen molar-refractivity contribution in [3.05, 3.63) is 30.0 Å². The van der Waals surface area contributed by atoms with Gasteiger partial charge in [0.15, 0.2) is 0 Å². The average Bonchev–Trinajstić information content (AvgIpc) is 2.55. The van der Waals surface area contributed by atoms with Crippen LogP contribution in [0, 0.1) is 0 Å². The highest BCUT2D eigenvalue weighted by Crippen LogP contribution is 2.26. The summed E-state index contributed by atoms with van der Waals surface area (Å²) in [5, 5.41) is 8.44. The highest BCUT2D eigenvalue weighted by Gasteiger charge is 2.38. The van der Waals surface area contributed by atoms with Gasteiger partial charge < -0.3 is 5.32 Å². The molecule has 16 heavy (non-hydrogen) atoms. The van der Waals surface area contributed by atoms with Crippen LogP contribution in [0.25, 0.3) is 10.9 Å². The molecule has 0 saturated carbocycles. The second-order valence-electron chi connectivity index (χ2n) is 4.52. The molecule has 2 aromatic rings. The van der Waals surface area contributed by atoms with E-state index in [2.05, 4.69) is 10.4 Å². The number of halogens is 1. The second kappa shape index (κ2) is 3.28. The molecule has 2 heterocycles. The Balaban J connectivity index is 2.03. The summed E-state index contributed by atoms with van der Waals surface area (Å²) in [7, 11) is 1.90. The van der Waals surface area contributed by atoms with Crippen LogP contribution in [0.3, 0.4) is 0 Å². The van der Waals surface area contributed by atoms with Crippen molar-refractivity contribution in [2.45, 2.75) is 12.1 Å². The van der Waals surface area contributed by atoms with E-state index in [1.54, 1.807) is 0 Å². The fourth-order valence-corrected chi connectivity index (χ4v) is 2.24. The summed E-state index contributed by atoms with van der Waals surface area (Å²) in [6, 6.07) is 7.96. The van der Waals surface area contributed by atoms with Gasteiger partial charge in [-0.25, -0.2) is 4.39 Å². The van der Waals surface area contributed by atoms with E-state index in [1.165, 1.54) is 0 Å². The molecule has 3 nitrogen and oxygen atoms in total. The average molecular weight is 219 g/mol. The van der Waals surface area contributed by atoms with Gasteiger partial charge >= 0.3 is 0 Å². The van der Waals surface area contributed by atoms with E-state index in [4.69, 9.17) is 0 Å². The number of nitrogens with one attached hydrogen (secondary N) is 1. The van der Waals surface area contributed by atoms with Gasteiger partial charge in [-0.3, -0.25) is 4.68 Å². The normalized spacial score (nSPS) is 18.6. The summed E-state index contributed by atoms with van der Waals surface area (Å²) < 4.78 is 15.8. The maximum atomic E-state index is 14.0. The lowest BCUT2D eigenvalue weighted by molar-refractivity contribution is 0.0902. The number of aryl methyl sites for hydroxylation is 1. The number of alkyl halides is 1. The lowest BCUT2D eigenvalue weighted by Crippen LogP contribution is -2.57. The van der Waals surface area contributed by atoms with Gasteiger partial charge in [-0.2, -0.15) is 5.10 Å². The van der Waals surface area contributed by atoms with Crippen molar-refractivity contribution < 1.29 is 4.39 Å². The Labute approximate surface area is 93.3 Å². The fourth-order valence-electron chi connectivity index (χ4n) is 2.24. The Hall–Kier alpha value is -1.42. The van der Waals surface area contributed by atoms with Crippen LogP contribution < -0.4 is 5.32 Å². The molecular weight excluding hydrogens is 205 g/mol. The van der Waals surface area contributed by atoms with Gasteiger partial charge in [0, 0.05) is 31.9 Å². The molecular formula is C12H14FN3. The van der Waals surface area contributed by atoms with E-state index in [1.807, 2.05) is 36.0 Å². The Bertz CT molecular complexity index is 528. The summed E-state index contributed by atoms with van der Waals surface area (Å²) in [5.41, 5.74) is 0.826. The summed E-state index contributed by atoms with van der Waals surface area (Å²) in [4.78, 5) is 0. The standard InChI is InChI=1S/C12H14FN3/c1-16-11-5-3-2-4-9(11)10(15-16)6-12(13)7-14-8-12/h2-5,14H,6-8H2,1H3. The summed E-state index contributed by atoms with van der Waals surface area (Å²) in [5.74, 6) is 0. The first-order chi connectivity index (χ1) is 7.68. The highest BCUT2D eigenvalue weighted by atomic mass is 19.1. The van der Waals surface area contributed by atoms with Crippen LogP contribution in [0.5, 0.6) is 0 Å². The molecule has 4 heteroatoms. The molecule has 0 aliphatic carbocycles. The van der Waals surface area contributed by atoms with Crippen molar-refractivity contribution in [2.24, 2.45) is 7.05 Å². The maximum absolute atomic E-state index is 14.0. The number of rotatable bonds is 2. The van der Waals surface area contributed by atoms with Gasteiger partial charge in [-0.1, -0.05) is 18.2 Å². The quantitative estimate of drug-likeness (QED) is 0.828. The lowest BCUT2D eigenvalue weighted by Gasteiger charge is -2.34. The van der Waals surface area contributed by atoms with Crippen LogP contribution >= 0.6 is 0 Å². The highest BCUT2D eigenvalue weighted by molar-refractivity contribution is 5.82. The molecule has 1 saturated heterocycles. The molecule has 1 fully saturated rings. The molecule has 0 amide bonds. The summed E-state index contributed by atoms with van der Waals surface area (Å²) >= 11 is 0. The smallest absolute Gasteiger partial charge is 0.141 e. The summed E-state index contributed by atoms with van der Waals surface area (Å²) in [6.45, 7) is 0.885. The number of para-hydroxylation sites is 1. The molecule has 0 unspecified atom stereocenters. The van der Waals surface area contributed by atoms with E-state index in [9.17, 15) is 4.39 Å². The van der Waals surface area contributed by atoms with Crippen LogP contribution in [-0.4, -0.2) is 28.5 Å². The zero-order valence-electron chi connectivity index (χ0n) is 9.20. The maximum Gasteiger partial charge on any atom is 0.141 e. The monoisotopic (exact) mass is 219 g/mol. The zero-order valence-corrected chi connectivity index (χ0v) is 9.20. The molecule has 3 rings (SSSR count). The zero-order chi connectivity index (χ0) is 11.2. The van der Waals surface area contributed by atoms with Crippen LogP contribution in [0.2, 0.25) is 0 Å². The summed E-state index contributed by atoms with van der Waals surface area (Å²) in [6.07, 6.45) is 0.404. The van der Waals surface area contributed by atoms with E-state index in [0.717, 1.165) is 16.6 Å². The number of nitrogens with zero attached hydrogens (tertiary/aromatic N) is 2. The van der Waals surface area contributed by atoms with Gasteiger partial charge in [0.05, 0.1) is 11.2 Å². The van der Waals surface area contributed by atoms with Crippen LogP contribution in [0.4, 0.5) is 4.39 Å². The van der Waals surface area contributed by atoms with Gasteiger partial charge in [0.1, 0.15) is 5.67 Å². The molecule has 84 valence electrons. The minimum atomic E-state index is -1.10. The number of hydrogen-bond donors (Lipinski definition) is 1. The molecule has 0 radical (unpaired) electrons. The van der Waals surface area contributed by atoms with Gasteiger partial charge in [0.25, 0.3) is 0 Å². The van der Waals surface area contributed by atoms with Gasteiger partial charge in [0.2, 0.25) is 0 Å². The molecule has 1 aromatic carbocycles. The first-order valence-electron chi connectivity index (χ1n) is 5.48. The molecule has 0 atom stereocenters. The first-order valence-corrected chi connectivity index (χ1v) is 5.48. The predicted molar refractivity (Wildman–Crippen MR) is 61.1 cm³/mol. The first kappa shape index (κ1) is 9.78. The molecule has 0 spiro atoms. The minimum absolute atomic E-state index is 0.404. The van der Waals surface area contributed by atoms with E-state index in [0.29, 0.717) is 19.5 Å². The SMILES string of the molecule is Cn1nc(CC2(F)CNC2)c2ccccc21. The third-order valence-electron chi connectivity index (χ3n) is 3.20. The van der Waals surface area contributed by atoms with Crippen molar-refractivity contribution in [3.8, 4) is 0 Å². The van der Waals surface area contributed by atoms with Crippen molar-refractivity contribution in [1.82, 2.24) is 15.1 Å². The molecule has 0 bridgehead atoms. The van der Waals surface area contributed by atoms with Crippen molar-refractivity contribution in [1.29, 1.82) is 0 Å². The number of hydrogen-bond acceptors (Lipinski definition) is 2. The van der Waals surface area contributed by atoms with E-state index in [-0.39, 0.29) is 0 Å². The number of aromatic nitrogens is 2. The number of fused-ring (bicyclic) bond motifs is 1. The minimum Gasteiger partial charge on any atom is -0.310 e. The van der Waals surface area contributed by atoms with Crippen molar-refractivity contribution in [3.63, 3.8) is 0 Å². The van der Waals surface area contributed by atoms with E-state index >= 15 is 0 Å². The largest absolute Gasteiger partial charge is 0.310 e. The Morgan fingerprint density at radius 2 is 2.19 bits per heavy atom. The van der Waals surface area contributed by atoms with Gasteiger partial charge in [-0.15, -0.1) is 0 Å². The second-order valence-corrected chi connectivity index (χ2v) is 4.52.